The van der Waals surface area contributed by atoms with Crippen molar-refractivity contribution in [2.45, 2.75) is 0 Å². The second kappa shape index (κ2) is 6.22. The fourth-order valence-electron chi connectivity index (χ4n) is 1.62. The molecule has 0 fully saturated rings. The lowest BCUT2D eigenvalue weighted by Gasteiger charge is -2.10. The number of nitrogens with zero attached hydrogens (tertiary/aromatic N) is 1. The number of anilines is 2. The van der Waals surface area contributed by atoms with Crippen LogP contribution in [-0.4, -0.2) is 12.6 Å². The summed E-state index contributed by atoms with van der Waals surface area (Å²) in [5, 5.41) is 11.6. The van der Waals surface area contributed by atoms with Gasteiger partial charge >= 0.3 is 5.97 Å². The average molecular weight is 252 g/mol. The summed E-state index contributed by atoms with van der Waals surface area (Å²) in [7, 11) is 0. The maximum absolute atomic E-state index is 11.8. The summed E-state index contributed by atoms with van der Waals surface area (Å²) in [5.74, 6) is -0.513. The molecule has 0 saturated heterocycles. The van der Waals surface area contributed by atoms with Crippen molar-refractivity contribution in [1.29, 1.82) is 5.26 Å². The molecule has 0 amide bonds. The Kier molecular flexibility index (Phi) is 4.14. The number of esters is 1. The SMILES string of the molecule is N#CCOC(=O)c1ccccc1Nc1ccccc1. The van der Waals surface area contributed by atoms with Gasteiger partial charge in [0.2, 0.25) is 0 Å². The van der Waals surface area contributed by atoms with Crippen molar-refractivity contribution in [3.63, 3.8) is 0 Å². The van der Waals surface area contributed by atoms with Gasteiger partial charge in [-0.15, -0.1) is 0 Å². The van der Waals surface area contributed by atoms with Gasteiger partial charge in [-0.3, -0.25) is 0 Å². The molecule has 0 bridgehead atoms. The number of rotatable bonds is 4. The smallest absolute Gasteiger partial charge is 0.341 e. The molecule has 2 rings (SSSR count). The van der Waals surface area contributed by atoms with E-state index in [0.717, 1.165) is 5.69 Å². The number of carbonyl (C=O) groups excluding carboxylic acids is 1. The highest BCUT2D eigenvalue weighted by molar-refractivity contribution is 5.96. The van der Waals surface area contributed by atoms with Gasteiger partial charge in [-0.1, -0.05) is 30.3 Å². The quantitative estimate of drug-likeness (QED) is 0.849. The van der Waals surface area contributed by atoms with Crippen LogP contribution in [0.25, 0.3) is 0 Å². The first-order chi connectivity index (χ1) is 9.31. The molecule has 1 N–H and O–H groups in total. The van der Waals surface area contributed by atoms with E-state index in [0.29, 0.717) is 11.3 Å². The third kappa shape index (κ3) is 3.33. The van der Waals surface area contributed by atoms with E-state index in [9.17, 15) is 4.79 Å². The van der Waals surface area contributed by atoms with Crippen molar-refractivity contribution in [2.75, 3.05) is 11.9 Å². The monoisotopic (exact) mass is 252 g/mol. The number of nitrogens with one attached hydrogen (secondary N) is 1. The van der Waals surface area contributed by atoms with Crippen LogP contribution in [0.3, 0.4) is 0 Å². The fourth-order valence-corrected chi connectivity index (χ4v) is 1.62. The first kappa shape index (κ1) is 12.7. The largest absolute Gasteiger partial charge is 0.447 e. The highest BCUT2D eigenvalue weighted by Crippen LogP contribution is 2.21. The van der Waals surface area contributed by atoms with Crippen molar-refractivity contribution in [3.8, 4) is 6.07 Å². The molecule has 0 aliphatic heterocycles. The topological polar surface area (TPSA) is 62.1 Å². The number of nitriles is 1. The van der Waals surface area contributed by atoms with Crippen LogP contribution in [0.15, 0.2) is 54.6 Å². The molecule has 0 atom stereocenters. The highest BCUT2D eigenvalue weighted by Gasteiger charge is 2.12. The lowest BCUT2D eigenvalue weighted by molar-refractivity contribution is 0.0556. The fraction of sp³-hybridized carbons (Fsp3) is 0.0667. The molecule has 0 aliphatic rings. The summed E-state index contributed by atoms with van der Waals surface area (Å²) < 4.78 is 4.82. The van der Waals surface area contributed by atoms with Crippen LogP contribution in [0.1, 0.15) is 10.4 Å². The molecule has 0 radical (unpaired) electrons. The Morgan fingerprint density at radius 1 is 1.11 bits per heavy atom. The standard InChI is InChI=1S/C15H12N2O2/c16-10-11-19-15(18)13-8-4-5-9-14(13)17-12-6-2-1-3-7-12/h1-9,17H,11H2. The maximum Gasteiger partial charge on any atom is 0.341 e. The molecule has 0 aromatic heterocycles. The Balaban J connectivity index is 2.22. The van der Waals surface area contributed by atoms with Crippen LogP contribution >= 0.6 is 0 Å². The number of carbonyl (C=O) groups is 1. The van der Waals surface area contributed by atoms with Crippen LogP contribution in [0, 0.1) is 11.3 Å². The zero-order valence-corrected chi connectivity index (χ0v) is 10.2. The van der Waals surface area contributed by atoms with Gasteiger partial charge < -0.3 is 10.1 Å². The number of hydrogen-bond acceptors (Lipinski definition) is 4. The van der Waals surface area contributed by atoms with Gasteiger partial charge in [-0.2, -0.15) is 5.26 Å². The van der Waals surface area contributed by atoms with E-state index in [-0.39, 0.29) is 6.61 Å². The van der Waals surface area contributed by atoms with Gasteiger partial charge in [0, 0.05) is 5.69 Å². The number of ether oxygens (including phenoxy) is 1. The van der Waals surface area contributed by atoms with E-state index in [1.165, 1.54) is 0 Å². The van der Waals surface area contributed by atoms with Crippen LogP contribution in [-0.2, 0) is 4.74 Å². The molecule has 2 aromatic carbocycles. The Bertz CT molecular complexity index is 603. The van der Waals surface area contributed by atoms with E-state index in [2.05, 4.69) is 5.32 Å². The van der Waals surface area contributed by atoms with Gasteiger partial charge in [-0.25, -0.2) is 4.79 Å². The van der Waals surface area contributed by atoms with E-state index in [1.54, 1.807) is 24.3 Å². The van der Waals surface area contributed by atoms with Gasteiger partial charge in [0.1, 0.15) is 6.07 Å². The molecular weight excluding hydrogens is 240 g/mol. The Morgan fingerprint density at radius 3 is 2.53 bits per heavy atom. The normalized spacial score (nSPS) is 9.42. The van der Waals surface area contributed by atoms with E-state index < -0.39 is 5.97 Å². The minimum absolute atomic E-state index is 0.251. The number of benzene rings is 2. The minimum Gasteiger partial charge on any atom is -0.447 e. The number of hydrogen-bond donors (Lipinski definition) is 1. The Morgan fingerprint density at radius 2 is 1.79 bits per heavy atom. The molecule has 4 heteroatoms. The molecule has 2 aromatic rings. The second-order valence-corrected chi connectivity index (χ2v) is 3.77. The molecule has 0 unspecified atom stereocenters. The van der Waals surface area contributed by atoms with Gasteiger partial charge in [0.15, 0.2) is 6.61 Å². The summed E-state index contributed by atoms with van der Waals surface area (Å²) in [4.78, 5) is 11.8. The van der Waals surface area contributed by atoms with Crippen LogP contribution in [0.4, 0.5) is 11.4 Å². The Labute approximate surface area is 111 Å². The predicted octanol–water partition coefficient (Wildman–Crippen LogP) is 3.11. The van der Waals surface area contributed by atoms with E-state index >= 15 is 0 Å². The van der Waals surface area contributed by atoms with Gasteiger partial charge in [-0.05, 0) is 24.3 Å². The Hall–Kier alpha value is -2.80. The van der Waals surface area contributed by atoms with Gasteiger partial charge in [0.05, 0.1) is 11.3 Å². The zero-order valence-electron chi connectivity index (χ0n) is 10.2. The van der Waals surface area contributed by atoms with E-state index in [4.69, 9.17) is 10.00 Å². The minimum atomic E-state index is -0.513. The van der Waals surface area contributed by atoms with Crippen molar-refractivity contribution in [3.05, 3.63) is 60.2 Å². The summed E-state index contributed by atoms with van der Waals surface area (Å²) in [6, 6.07) is 18.3. The number of para-hydroxylation sites is 2. The van der Waals surface area contributed by atoms with Crippen LogP contribution in [0.2, 0.25) is 0 Å². The molecule has 4 nitrogen and oxygen atoms in total. The molecule has 0 spiro atoms. The highest BCUT2D eigenvalue weighted by atomic mass is 16.5. The summed E-state index contributed by atoms with van der Waals surface area (Å²) in [5.41, 5.74) is 1.93. The summed E-state index contributed by atoms with van der Waals surface area (Å²) >= 11 is 0. The van der Waals surface area contributed by atoms with Crippen molar-refractivity contribution in [2.24, 2.45) is 0 Å². The third-order valence-electron chi connectivity index (χ3n) is 2.47. The maximum atomic E-state index is 11.8. The lowest BCUT2D eigenvalue weighted by Crippen LogP contribution is -2.08. The molecule has 94 valence electrons. The van der Waals surface area contributed by atoms with Crippen molar-refractivity contribution >= 4 is 17.3 Å². The van der Waals surface area contributed by atoms with Crippen molar-refractivity contribution in [1.82, 2.24) is 0 Å². The zero-order chi connectivity index (χ0) is 13.5. The predicted molar refractivity (Wildman–Crippen MR) is 72.1 cm³/mol. The van der Waals surface area contributed by atoms with E-state index in [1.807, 2.05) is 36.4 Å². The third-order valence-corrected chi connectivity index (χ3v) is 2.47. The summed E-state index contributed by atoms with van der Waals surface area (Å²) in [6.07, 6.45) is 0. The van der Waals surface area contributed by atoms with Crippen LogP contribution < -0.4 is 5.32 Å². The molecule has 0 saturated carbocycles. The first-order valence-electron chi connectivity index (χ1n) is 5.76. The molecule has 19 heavy (non-hydrogen) atoms. The molecule has 0 aliphatic carbocycles. The van der Waals surface area contributed by atoms with Crippen LogP contribution in [0.5, 0.6) is 0 Å². The first-order valence-corrected chi connectivity index (χ1v) is 5.76. The van der Waals surface area contributed by atoms with Gasteiger partial charge in [0.25, 0.3) is 0 Å². The average Bonchev–Trinajstić information content (AvgIpc) is 2.46. The summed E-state index contributed by atoms with van der Waals surface area (Å²) in [6.45, 7) is -0.251. The molecule has 0 heterocycles. The molecular formula is C15H12N2O2. The lowest BCUT2D eigenvalue weighted by atomic mass is 10.1. The second-order valence-electron chi connectivity index (χ2n) is 3.77. The van der Waals surface area contributed by atoms with Crippen molar-refractivity contribution < 1.29 is 9.53 Å².